The molecule has 6 nitrogen and oxygen atoms in total. The van der Waals surface area contributed by atoms with Crippen LogP contribution in [0.3, 0.4) is 0 Å². The van der Waals surface area contributed by atoms with Gasteiger partial charge >= 0.3 is 0 Å². The molecule has 134 valence electrons. The summed E-state index contributed by atoms with van der Waals surface area (Å²) in [5.74, 6) is 0.759. The second-order valence-corrected chi connectivity index (χ2v) is 7.74. The predicted molar refractivity (Wildman–Crippen MR) is 94.7 cm³/mol. The molecule has 2 amide bonds. The Morgan fingerprint density at radius 3 is 2.27 bits per heavy atom. The van der Waals surface area contributed by atoms with Crippen molar-refractivity contribution in [3.8, 4) is 0 Å². The summed E-state index contributed by atoms with van der Waals surface area (Å²) in [4.78, 5) is 26.8. The van der Waals surface area contributed by atoms with Crippen LogP contribution in [0.4, 0.5) is 0 Å². The number of aromatic nitrogens is 3. The fourth-order valence-corrected chi connectivity index (χ4v) is 4.93. The van der Waals surface area contributed by atoms with Gasteiger partial charge in [-0.2, -0.15) is 0 Å². The summed E-state index contributed by atoms with van der Waals surface area (Å²) in [5.41, 5.74) is 0.954. The molecule has 1 saturated carbocycles. The van der Waals surface area contributed by atoms with E-state index < -0.39 is 0 Å². The first kappa shape index (κ1) is 15.7. The van der Waals surface area contributed by atoms with E-state index in [4.69, 9.17) is 0 Å². The number of imide groups is 1. The van der Waals surface area contributed by atoms with E-state index in [0.29, 0.717) is 18.4 Å². The summed E-state index contributed by atoms with van der Waals surface area (Å²) in [5, 5.41) is 8.40. The second kappa shape index (κ2) is 6.04. The molecule has 1 aromatic heterocycles. The van der Waals surface area contributed by atoms with E-state index in [1.807, 2.05) is 23.0 Å². The molecule has 1 aromatic rings. The van der Waals surface area contributed by atoms with E-state index in [9.17, 15) is 9.59 Å². The maximum absolute atomic E-state index is 12.6. The summed E-state index contributed by atoms with van der Waals surface area (Å²) in [6.45, 7) is 1.28. The molecule has 2 heterocycles. The third-order valence-electron chi connectivity index (χ3n) is 6.23. The number of rotatable bonds is 6. The average Bonchev–Trinajstić information content (AvgIpc) is 3.44. The minimum Gasteiger partial charge on any atom is -0.282 e. The molecule has 4 atom stereocenters. The first-order valence-electron chi connectivity index (χ1n) is 9.51. The molecule has 3 aliphatic carbocycles. The molecule has 2 fully saturated rings. The van der Waals surface area contributed by atoms with Crippen LogP contribution < -0.4 is 0 Å². The molecule has 4 unspecified atom stereocenters. The molecule has 1 saturated heterocycles. The van der Waals surface area contributed by atoms with Crippen molar-refractivity contribution in [3.63, 3.8) is 0 Å². The monoisotopic (exact) mass is 350 g/mol. The van der Waals surface area contributed by atoms with Crippen molar-refractivity contribution < 1.29 is 9.59 Å². The Kier molecular flexibility index (Phi) is 3.65. The number of carbonyl (C=O) groups excluding carboxylic acids is 2. The number of unbranched alkanes of at least 4 members (excludes halogenated alkanes) is 1. The topological polar surface area (TPSA) is 68.1 Å². The Balaban J connectivity index is 1.13. The van der Waals surface area contributed by atoms with Crippen LogP contribution in [0, 0.1) is 23.7 Å². The molecule has 26 heavy (non-hydrogen) atoms. The average molecular weight is 350 g/mol. The third kappa shape index (κ3) is 2.39. The van der Waals surface area contributed by atoms with Crippen LogP contribution in [0.1, 0.15) is 30.9 Å². The summed E-state index contributed by atoms with van der Waals surface area (Å²) in [6, 6.07) is 0. The molecule has 1 aliphatic heterocycles. The highest BCUT2D eigenvalue weighted by Crippen LogP contribution is 2.52. The van der Waals surface area contributed by atoms with Gasteiger partial charge in [0.2, 0.25) is 11.8 Å². The Morgan fingerprint density at radius 2 is 1.58 bits per heavy atom. The maximum Gasteiger partial charge on any atom is 0.233 e. The van der Waals surface area contributed by atoms with Crippen molar-refractivity contribution in [2.45, 2.75) is 31.7 Å². The van der Waals surface area contributed by atoms with Crippen molar-refractivity contribution in [1.29, 1.82) is 0 Å². The third-order valence-corrected chi connectivity index (χ3v) is 6.23. The van der Waals surface area contributed by atoms with Crippen LogP contribution in [-0.2, 0) is 16.1 Å². The smallest absolute Gasteiger partial charge is 0.233 e. The van der Waals surface area contributed by atoms with Crippen LogP contribution >= 0.6 is 0 Å². The first-order valence-corrected chi connectivity index (χ1v) is 9.51. The second-order valence-electron chi connectivity index (χ2n) is 7.74. The van der Waals surface area contributed by atoms with Crippen LogP contribution in [0.5, 0.6) is 0 Å². The summed E-state index contributed by atoms with van der Waals surface area (Å²) in [7, 11) is 0. The fraction of sp³-hybridized carbons (Fsp3) is 0.500. The van der Waals surface area contributed by atoms with Crippen LogP contribution in [0.2, 0.25) is 0 Å². The molecular formula is C20H22N4O2. The van der Waals surface area contributed by atoms with E-state index in [2.05, 4.69) is 34.6 Å². The standard InChI is InChI=1S/C20H22N4O2/c25-19-17-14-7-8-15(11-14)18(17)20(26)24(19)10-4-3-9-23-12-16(21-22-23)13-5-1-2-6-13/h1-2,5-8,12-15,17-18H,3-4,9-11H2. The number of amides is 2. The highest BCUT2D eigenvalue weighted by molar-refractivity contribution is 6.06. The summed E-state index contributed by atoms with van der Waals surface area (Å²) in [6.07, 6.45) is 17.1. The summed E-state index contributed by atoms with van der Waals surface area (Å²) >= 11 is 0. The number of aryl methyl sites for hydroxylation is 1. The number of nitrogens with zero attached hydrogens (tertiary/aromatic N) is 4. The van der Waals surface area contributed by atoms with Crippen molar-refractivity contribution in [2.75, 3.05) is 6.54 Å². The normalized spacial score (nSPS) is 31.8. The Morgan fingerprint density at radius 1 is 0.923 bits per heavy atom. The van der Waals surface area contributed by atoms with Crippen molar-refractivity contribution >= 4 is 11.8 Å². The lowest BCUT2D eigenvalue weighted by Gasteiger charge is -2.16. The predicted octanol–water partition coefficient (Wildman–Crippen LogP) is 2.08. The zero-order valence-corrected chi connectivity index (χ0v) is 14.6. The fourth-order valence-electron chi connectivity index (χ4n) is 4.93. The maximum atomic E-state index is 12.6. The van der Waals surface area contributed by atoms with Crippen LogP contribution in [0.25, 0.3) is 0 Å². The van der Waals surface area contributed by atoms with Crippen molar-refractivity contribution in [3.05, 3.63) is 48.3 Å². The van der Waals surface area contributed by atoms with Gasteiger partial charge in [0.05, 0.1) is 17.5 Å². The highest BCUT2D eigenvalue weighted by Gasteiger charge is 2.58. The highest BCUT2D eigenvalue weighted by atomic mass is 16.2. The lowest BCUT2D eigenvalue weighted by molar-refractivity contribution is -0.140. The Labute approximate surface area is 152 Å². The summed E-state index contributed by atoms with van der Waals surface area (Å²) < 4.78 is 1.85. The molecule has 0 aromatic carbocycles. The Bertz CT molecular complexity index is 795. The van der Waals surface area contributed by atoms with Gasteiger partial charge in [-0.05, 0) is 31.1 Å². The molecule has 6 heteroatoms. The van der Waals surface area contributed by atoms with Gasteiger partial charge in [0.15, 0.2) is 0 Å². The molecule has 2 bridgehead atoms. The lowest BCUT2D eigenvalue weighted by atomic mass is 9.85. The molecular weight excluding hydrogens is 328 g/mol. The van der Waals surface area contributed by atoms with Gasteiger partial charge in [-0.15, -0.1) is 5.10 Å². The van der Waals surface area contributed by atoms with Crippen molar-refractivity contribution in [1.82, 2.24) is 19.9 Å². The van der Waals surface area contributed by atoms with Crippen LogP contribution in [-0.4, -0.2) is 38.3 Å². The number of allylic oxidation sites excluding steroid dienone is 6. The number of hydrogen-bond donors (Lipinski definition) is 0. The van der Waals surface area contributed by atoms with Gasteiger partial charge in [0, 0.05) is 25.2 Å². The van der Waals surface area contributed by atoms with E-state index in [-0.39, 0.29) is 29.6 Å². The molecule has 0 N–H and O–H groups in total. The van der Waals surface area contributed by atoms with E-state index >= 15 is 0 Å². The zero-order valence-electron chi connectivity index (χ0n) is 14.6. The molecule has 4 aliphatic rings. The van der Waals surface area contributed by atoms with Gasteiger partial charge in [-0.25, -0.2) is 0 Å². The number of likely N-dealkylation sites (tertiary alicyclic amines) is 1. The van der Waals surface area contributed by atoms with Crippen molar-refractivity contribution in [2.24, 2.45) is 23.7 Å². The number of carbonyl (C=O) groups is 2. The largest absolute Gasteiger partial charge is 0.282 e. The molecule has 0 radical (unpaired) electrons. The van der Waals surface area contributed by atoms with Gasteiger partial charge < -0.3 is 0 Å². The quantitative estimate of drug-likeness (QED) is 0.447. The Hall–Kier alpha value is -2.50. The van der Waals surface area contributed by atoms with Crippen LogP contribution in [0.15, 0.2) is 42.7 Å². The number of fused-ring (bicyclic) bond motifs is 5. The van der Waals surface area contributed by atoms with Gasteiger partial charge in [-0.1, -0.05) is 41.7 Å². The molecule has 0 spiro atoms. The van der Waals surface area contributed by atoms with Gasteiger partial charge in [0.1, 0.15) is 0 Å². The zero-order chi connectivity index (χ0) is 17.7. The first-order chi connectivity index (χ1) is 12.7. The molecule has 5 rings (SSSR count). The van der Waals surface area contributed by atoms with Gasteiger partial charge in [-0.3, -0.25) is 19.2 Å². The number of hydrogen-bond acceptors (Lipinski definition) is 4. The minimum absolute atomic E-state index is 0.0553. The van der Waals surface area contributed by atoms with Gasteiger partial charge in [0.25, 0.3) is 0 Å². The van der Waals surface area contributed by atoms with E-state index in [1.165, 1.54) is 4.90 Å². The lowest BCUT2D eigenvalue weighted by Crippen LogP contribution is -2.33. The minimum atomic E-state index is -0.0807. The van der Waals surface area contributed by atoms with E-state index in [1.54, 1.807) is 0 Å². The van der Waals surface area contributed by atoms with E-state index in [0.717, 1.165) is 31.5 Å². The SMILES string of the molecule is O=C1C2C3C=CC(C3)C2C(=O)N1CCCCn1cc(C2C=CC=C2)nn1.